The van der Waals surface area contributed by atoms with Crippen LogP contribution in [-0.4, -0.2) is 24.5 Å². The summed E-state index contributed by atoms with van der Waals surface area (Å²) in [4.78, 5) is 37.8. The lowest BCUT2D eigenvalue weighted by molar-refractivity contribution is -0.148. The second kappa shape index (κ2) is 4.87. The molecule has 1 heterocycles. The molecule has 4 amide bonds. The number of imide groups is 2. The maximum absolute atomic E-state index is 12.7. The van der Waals surface area contributed by atoms with Gasteiger partial charge in [0, 0.05) is 0 Å². The molecule has 21 heavy (non-hydrogen) atoms. The summed E-state index contributed by atoms with van der Waals surface area (Å²) in [5, 5.41) is 2.29. The van der Waals surface area contributed by atoms with E-state index in [1.54, 1.807) is 24.3 Å². The van der Waals surface area contributed by atoms with E-state index in [1.807, 2.05) is 6.92 Å². The summed E-state index contributed by atoms with van der Waals surface area (Å²) in [7, 11) is 0. The van der Waals surface area contributed by atoms with Crippen LogP contribution in [0.1, 0.15) is 26.2 Å². The van der Waals surface area contributed by atoms with Gasteiger partial charge in [-0.25, -0.2) is 9.69 Å². The van der Waals surface area contributed by atoms with Crippen LogP contribution in [0.5, 0.6) is 5.75 Å². The summed E-state index contributed by atoms with van der Waals surface area (Å²) in [5.74, 6) is -0.476. The lowest BCUT2D eigenvalue weighted by Crippen LogP contribution is -2.66. The molecular weight excluding hydrogens is 272 g/mol. The summed E-state index contributed by atoms with van der Waals surface area (Å²) in [6.07, 6.45) is 1.78. The molecule has 1 aromatic rings. The molecular formula is C15H16N2O4. The number of amides is 4. The van der Waals surface area contributed by atoms with Gasteiger partial charge in [0.05, 0.1) is 12.3 Å². The van der Waals surface area contributed by atoms with Gasteiger partial charge in [0.2, 0.25) is 5.91 Å². The van der Waals surface area contributed by atoms with E-state index in [1.165, 1.54) is 0 Å². The van der Waals surface area contributed by atoms with Crippen LogP contribution >= 0.6 is 0 Å². The van der Waals surface area contributed by atoms with E-state index >= 15 is 0 Å². The van der Waals surface area contributed by atoms with Crippen molar-refractivity contribution in [2.75, 3.05) is 11.5 Å². The molecule has 2 aliphatic rings. The summed E-state index contributed by atoms with van der Waals surface area (Å²) in [5.41, 5.74) is -0.701. The lowest BCUT2D eigenvalue weighted by atomic mass is 9.66. The van der Waals surface area contributed by atoms with Crippen molar-refractivity contribution < 1.29 is 19.1 Å². The second-order valence-corrected chi connectivity index (χ2v) is 5.24. The van der Waals surface area contributed by atoms with Crippen LogP contribution in [0.2, 0.25) is 0 Å². The molecule has 1 spiro atoms. The van der Waals surface area contributed by atoms with Gasteiger partial charge in [0.15, 0.2) is 0 Å². The molecule has 1 aliphatic carbocycles. The number of urea groups is 1. The van der Waals surface area contributed by atoms with Gasteiger partial charge >= 0.3 is 6.03 Å². The van der Waals surface area contributed by atoms with E-state index < -0.39 is 23.3 Å². The Morgan fingerprint density at radius 2 is 1.95 bits per heavy atom. The predicted molar refractivity (Wildman–Crippen MR) is 74.9 cm³/mol. The number of anilines is 1. The van der Waals surface area contributed by atoms with Crippen LogP contribution in [0.15, 0.2) is 24.3 Å². The fourth-order valence-electron chi connectivity index (χ4n) is 2.79. The molecule has 1 aliphatic heterocycles. The van der Waals surface area contributed by atoms with E-state index in [-0.39, 0.29) is 0 Å². The van der Waals surface area contributed by atoms with E-state index in [4.69, 9.17) is 4.74 Å². The Labute approximate surface area is 122 Å². The highest BCUT2D eigenvalue weighted by Gasteiger charge is 2.57. The Hall–Kier alpha value is -2.37. The van der Waals surface area contributed by atoms with Gasteiger partial charge in [0.1, 0.15) is 11.2 Å². The topological polar surface area (TPSA) is 75.7 Å². The van der Waals surface area contributed by atoms with Crippen molar-refractivity contribution in [3.8, 4) is 5.75 Å². The molecule has 110 valence electrons. The fraction of sp³-hybridized carbons (Fsp3) is 0.400. The number of nitrogens with zero attached hydrogens (tertiary/aromatic N) is 1. The minimum Gasteiger partial charge on any atom is -0.492 e. The Kier molecular flexibility index (Phi) is 3.16. The molecule has 2 fully saturated rings. The predicted octanol–water partition coefficient (Wildman–Crippen LogP) is 1.84. The van der Waals surface area contributed by atoms with Crippen molar-refractivity contribution in [3.05, 3.63) is 24.3 Å². The standard InChI is InChI=1S/C15H16N2O4/c1-2-21-11-7-4-3-6-10(11)17-13(19)15(8-5-9-15)12(18)16-14(17)20/h3-4,6-7H,2,5,8-9H2,1H3,(H,16,18,20). The van der Waals surface area contributed by atoms with Gasteiger partial charge in [0.25, 0.3) is 5.91 Å². The molecule has 1 N–H and O–H groups in total. The summed E-state index contributed by atoms with van der Waals surface area (Å²) in [6, 6.07) is 6.12. The third kappa shape index (κ3) is 1.90. The molecule has 0 bridgehead atoms. The molecule has 1 saturated carbocycles. The van der Waals surface area contributed by atoms with E-state index in [0.29, 0.717) is 30.9 Å². The molecule has 0 atom stereocenters. The molecule has 3 rings (SSSR count). The minimum absolute atomic E-state index is 0.376. The number of para-hydroxylation sites is 2. The van der Waals surface area contributed by atoms with Crippen molar-refractivity contribution in [3.63, 3.8) is 0 Å². The highest BCUT2D eigenvalue weighted by molar-refractivity contribution is 6.30. The first-order valence-corrected chi connectivity index (χ1v) is 7.02. The monoisotopic (exact) mass is 288 g/mol. The number of benzene rings is 1. The number of barbiturate groups is 1. The number of nitrogens with one attached hydrogen (secondary N) is 1. The first-order chi connectivity index (χ1) is 10.1. The molecule has 0 radical (unpaired) electrons. The van der Waals surface area contributed by atoms with Gasteiger partial charge in [-0.3, -0.25) is 14.9 Å². The smallest absolute Gasteiger partial charge is 0.335 e. The Bertz CT molecular complexity index is 622. The van der Waals surface area contributed by atoms with Crippen molar-refractivity contribution in [2.24, 2.45) is 5.41 Å². The van der Waals surface area contributed by atoms with Crippen molar-refractivity contribution in [1.29, 1.82) is 0 Å². The van der Waals surface area contributed by atoms with E-state index in [9.17, 15) is 14.4 Å². The van der Waals surface area contributed by atoms with Crippen LogP contribution in [0.3, 0.4) is 0 Å². The average molecular weight is 288 g/mol. The van der Waals surface area contributed by atoms with Crippen LogP contribution in [0.4, 0.5) is 10.5 Å². The first kappa shape index (κ1) is 13.6. The zero-order valence-corrected chi connectivity index (χ0v) is 11.7. The molecule has 1 saturated heterocycles. The van der Waals surface area contributed by atoms with Crippen LogP contribution < -0.4 is 15.0 Å². The van der Waals surface area contributed by atoms with E-state index in [0.717, 1.165) is 11.3 Å². The van der Waals surface area contributed by atoms with Gasteiger partial charge in [-0.2, -0.15) is 0 Å². The summed E-state index contributed by atoms with van der Waals surface area (Å²) < 4.78 is 5.47. The van der Waals surface area contributed by atoms with Crippen molar-refractivity contribution >= 4 is 23.5 Å². The molecule has 6 nitrogen and oxygen atoms in total. The Morgan fingerprint density at radius 1 is 1.24 bits per heavy atom. The minimum atomic E-state index is -1.08. The van der Waals surface area contributed by atoms with Crippen LogP contribution in [0.25, 0.3) is 0 Å². The number of ether oxygens (including phenoxy) is 1. The Morgan fingerprint density at radius 3 is 2.57 bits per heavy atom. The van der Waals surface area contributed by atoms with E-state index in [2.05, 4.69) is 5.32 Å². The fourth-order valence-corrected chi connectivity index (χ4v) is 2.79. The van der Waals surface area contributed by atoms with Gasteiger partial charge in [-0.15, -0.1) is 0 Å². The zero-order valence-electron chi connectivity index (χ0n) is 11.7. The SMILES string of the molecule is CCOc1ccccc1N1C(=O)NC(=O)C2(CCC2)C1=O. The van der Waals surface area contributed by atoms with Crippen LogP contribution in [0, 0.1) is 5.41 Å². The number of hydrogen-bond acceptors (Lipinski definition) is 4. The quantitative estimate of drug-likeness (QED) is 0.861. The largest absolute Gasteiger partial charge is 0.492 e. The maximum atomic E-state index is 12.7. The molecule has 1 aromatic carbocycles. The van der Waals surface area contributed by atoms with Gasteiger partial charge in [-0.05, 0) is 31.9 Å². The van der Waals surface area contributed by atoms with Crippen LogP contribution in [-0.2, 0) is 9.59 Å². The molecule has 0 aromatic heterocycles. The second-order valence-electron chi connectivity index (χ2n) is 5.24. The van der Waals surface area contributed by atoms with Gasteiger partial charge in [-0.1, -0.05) is 18.6 Å². The number of rotatable bonds is 3. The first-order valence-electron chi connectivity index (χ1n) is 7.02. The third-order valence-electron chi connectivity index (χ3n) is 4.08. The highest BCUT2D eigenvalue weighted by Crippen LogP contribution is 2.46. The Balaban J connectivity index is 2.03. The lowest BCUT2D eigenvalue weighted by Gasteiger charge is -2.44. The normalized spacial score (nSPS) is 20.2. The summed E-state index contributed by atoms with van der Waals surface area (Å²) >= 11 is 0. The van der Waals surface area contributed by atoms with Crippen molar-refractivity contribution in [2.45, 2.75) is 26.2 Å². The van der Waals surface area contributed by atoms with Gasteiger partial charge < -0.3 is 4.74 Å². The summed E-state index contributed by atoms with van der Waals surface area (Å²) in [6.45, 7) is 2.25. The number of hydrogen-bond donors (Lipinski definition) is 1. The number of carbonyl (C=O) groups is 3. The zero-order chi connectivity index (χ0) is 15.0. The third-order valence-corrected chi connectivity index (χ3v) is 4.08. The average Bonchev–Trinajstić information content (AvgIpc) is 2.39. The molecule has 0 unspecified atom stereocenters. The number of carbonyl (C=O) groups excluding carboxylic acids is 3. The van der Waals surface area contributed by atoms with Crippen molar-refractivity contribution in [1.82, 2.24) is 5.32 Å². The maximum Gasteiger partial charge on any atom is 0.335 e. The molecule has 6 heteroatoms. The highest BCUT2D eigenvalue weighted by atomic mass is 16.5.